The van der Waals surface area contributed by atoms with E-state index in [9.17, 15) is 14.4 Å². The molecule has 28 heavy (non-hydrogen) atoms. The standard InChI is InChI=1S/C16H27N4O6PS/c1-4-6-9-7-10(8(3)25-16(23)24-5-2)14(26-9)20-12(17)11(28-15(20)22)13(21)19-27-18/h8-10,14,27H,4-7,17-18H2,1-3H3,(H,19,21)/t8-,9?,10+,14-/m1/s1. The van der Waals surface area contributed by atoms with Gasteiger partial charge in [-0.1, -0.05) is 24.7 Å². The van der Waals surface area contributed by atoms with Gasteiger partial charge in [0.25, 0.3) is 5.91 Å². The predicted molar refractivity (Wildman–Crippen MR) is 107 cm³/mol. The molecule has 1 aliphatic rings. The minimum Gasteiger partial charge on any atom is -0.435 e. The molecular weight excluding hydrogens is 407 g/mol. The fraction of sp³-hybridized carbons (Fsp3) is 0.688. The molecule has 0 radical (unpaired) electrons. The molecule has 0 aliphatic carbocycles. The largest absolute Gasteiger partial charge is 0.508 e. The number of hydrogen-bond donors (Lipinski definition) is 3. The van der Waals surface area contributed by atoms with Gasteiger partial charge in [0.15, 0.2) is 0 Å². The van der Waals surface area contributed by atoms with Crippen molar-refractivity contribution in [1.82, 2.24) is 9.65 Å². The molecule has 1 aliphatic heterocycles. The Kier molecular flexibility index (Phi) is 8.23. The summed E-state index contributed by atoms with van der Waals surface area (Å²) in [6.45, 7) is 5.64. The molecule has 1 saturated heterocycles. The number of carbonyl (C=O) groups is 2. The van der Waals surface area contributed by atoms with Crippen LogP contribution in [0, 0.1) is 5.92 Å². The SMILES string of the molecule is CCCC1C[C@@H]([C@@H](C)OC(=O)OCC)[C@H](n2c(N)c(C(=O)NPN)sc2=O)O1. The lowest BCUT2D eigenvalue weighted by atomic mass is 9.96. The molecule has 0 spiro atoms. The van der Waals surface area contributed by atoms with E-state index in [1.807, 2.05) is 6.92 Å². The van der Waals surface area contributed by atoms with Gasteiger partial charge in [0, 0.05) is 14.8 Å². The number of nitrogens with one attached hydrogen (secondary N) is 1. The van der Waals surface area contributed by atoms with Gasteiger partial charge in [-0.05, 0) is 26.7 Å². The highest BCUT2D eigenvalue weighted by atomic mass is 32.1. The van der Waals surface area contributed by atoms with Crippen LogP contribution in [0.25, 0.3) is 0 Å². The first kappa shape index (κ1) is 22.6. The fourth-order valence-electron chi connectivity index (χ4n) is 3.27. The quantitative estimate of drug-likeness (QED) is 0.415. The van der Waals surface area contributed by atoms with Gasteiger partial charge < -0.3 is 25.0 Å². The van der Waals surface area contributed by atoms with Crippen molar-refractivity contribution in [3.05, 3.63) is 14.5 Å². The number of nitrogens with zero attached hydrogens (tertiary/aromatic N) is 1. The Morgan fingerprint density at radius 2 is 2.18 bits per heavy atom. The lowest BCUT2D eigenvalue weighted by Gasteiger charge is -2.25. The monoisotopic (exact) mass is 434 g/mol. The summed E-state index contributed by atoms with van der Waals surface area (Å²) in [6, 6.07) is 0. The molecule has 1 aromatic rings. The zero-order valence-corrected chi connectivity index (χ0v) is 17.9. The maximum Gasteiger partial charge on any atom is 0.508 e. The number of aromatic nitrogens is 1. The number of nitrogens with two attached hydrogens (primary N) is 2. The average Bonchev–Trinajstić information content (AvgIpc) is 3.16. The number of thiazole rings is 1. The van der Waals surface area contributed by atoms with Crippen molar-refractivity contribution >= 4 is 38.1 Å². The van der Waals surface area contributed by atoms with Crippen LogP contribution in [0.15, 0.2) is 4.79 Å². The molecular formula is C16H27N4O6PS. The molecule has 12 heteroatoms. The van der Waals surface area contributed by atoms with E-state index in [1.165, 1.54) is 4.57 Å². The van der Waals surface area contributed by atoms with E-state index in [2.05, 4.69) is 5.09 Å². The van der Waals surface area contributed by atoms with Gasteiger partial charge >= 0.3 is 11.0 Å². The van der Waals surface area contributed by atoms with E-state index in [-0.39, 0.29) is 38.2 Å². The van der Waals surface area contributed by atoms with Crippen LogP contribution in [-0.4, -0.2) is 35.4 Å². The van der Waals surface area contributed by atoms with E-state index in [4.69, 9.17) is 25.4 Å². The lowest BCUT2D eigenvalue weighted by Crippen LogP contribution is -2.33. The molecule has 1 aromatic heterocycles. The van der Waals surface area contributed by atoms with E-state index in [1.54, 1.807) is 13.8 Å². The summed E-state index contributed by atoms with van der Waals surface area (Å²) in [5.41, 5.74) is 11.5. The minimum atomic E-state index is -0.776. The predicted octanol–water partition coefficient (Wildman–Crippen LogP) is 1.95. The topological polar surface area (TPSA) is 148 Å². The Bertz CT molecular complexity index is 754. The fourth-order valence-corrected chi connectivity index (χ4v) is 4.44. The number of nitrogen functional groups attached to an aromatic ring is 1. The van der Waals surface area contributed by atoms with Crippen LogP contribution in [0.3, 0.4) is 0 Å². The summed E-state index contributed by atoms with van der Waals surface area (Å²) >= 11 is 0.733. The van der Waals surface area contributed by atoms with E-state index in [0.717, 1.165) is 24.2 Å². The number of amides is 1. The van der Waals surface area contributed by atoms with Gasteiger partial charge in [-0.15, -0.1) is 0 Å². The molecule has 0 aromatic carbocycles. The highest BCUT2D eigenvalue weighted by molar-refractivity contribution is 7.34. The van der Waals surface area contributed by atoms with Crippen LogP contribution in [0.2, 0.25) is 0 Å². The molecule has 5 atom stereocenters. The zero-order valence-electron chi connectivity index (χ0n) is 16.1. The van der Waals surface area contributed by atoms with E-state index in [0.29, 0.717) is 6.42 Å². The summed E-state index contributed by atoms with van der Waals surface area (Å²) in [7, 11) is -0.305. The number of hydrogen-bond acceptors (Lipinski definition) is 9. The third kappa shape index (κ3) is 5.02. The summed E-state index contributed by atoms with van der Waals surface area (Å²) in [6.07, 6.45) is 0.0821. The summed E-state index contributed by atoms with van der Waals surface area (Å²) in [4.78, 5) is 36.1. The average molecular weight is 434 g/mol. The van der Waals surface area contributed by atoms with Crippen LogP contribution in [0.1, 0.15) is 55.9 Å². The van der Waals surface area contributed by atoms with Gasteiger partial charge in [-0.25, -0.2) is 4.79 Å². The summed E-state index contributed by atoms with van der Waals surface area (Å²) in [5.74, 6) is -0.807. The molecule has 2 unspecified atom stereocenters. The molecule has 0 saturated carbocycles. The Morgan fingerprint density at radius 1 is 1.46 bits per heavy atom. The molecule has 158 valence electrons. The minimum absolute atomic E-state index is 0.0150. The third-order valence-electron chi connectivity index (χ3n) is 4.52. The van der Waals surface area contributed by atoms with Crippen molar-refractivity contribution in [2.45, 2.75) is 58.5 Å². The Hall–Kier alpha value is -1.68. The van der Waals surface area contributed by atoms with Gasteiger partial charge in [-0.3, -0.25) is 19.7 Å². The summed E-state index contributed by atoms with van der Waals surface area (Å²) in [5, 5.41) is 2.46. The number of anilines is 1. The first-order chi connectivity index (χ1) is 13.3. The molecule has 2 rings (SSSR count). The smallest absolute Gasteiger partial charge is 0.435 e. The molecule has 0 bridgehead atoms. The lowest BCUT2D eigenvalue weighted by molar-refractivity contribution is -0.0481. The van der Waals surface area contributed by atoms with Gasteiger partial charge in [0.05, 0.1) is 12.7 Å². The molecule has 5 N–H and O–H groups in total. The second kappa shape index (κ2) is 10.2. The van der Waals surface area contributed by atoms with Crippen LogP contribution in [-0.2, 0) is 14.2 Å². The second-order valence-corrected chi connectivity index (χ2v) is 7.89. The van der Waals surface area contributed by atoms with Crippen LogP contribution >= 0.6 is 20.2 Å². The first-order valence-electron chi connectivity index (χ1n) is 9.09. The molecule has 2 heterocycles. The van der Waals surface area contributed by atoms with Crippen LogP contribution in [0.5, 0.6) is 0 Å². The molecule has 1 amide bonds. The summed E-state index contributed by atoms with van der Waals surface area (Å²) < 4.78 is 17.5. The van der Waals surface area contributed by atoms with Crippen molar-refractivity contribution in [1.29, 1.82) is 0 Å². The maximum atomic E-state index is 12.6. The Labute approximate surface area is 168 Å². The van der Waals surface area contributed by atoms with Gasteiger partial charge in [0.2, 0.25) is 0 Å². The van der Waals surface area contributed by atoms with Crippen molar-refractivity contribution < 1.29 is 23.8 Å². The van der Waals surface area contributed by atoms with Gasteiger partial charge in [0.1, 0.15) is 23.0 Å². The number of rotatable bonds is 8. The van der Waals surface area contributed by atoms with Crippen molar-refractivity contribution in [2.24, 2.45) is 11.4 Å². The van der Waals surface area contributed by atoms with Crippen molar-refractivity contribution in [3.63, 3.8) is 0 Å². The van der Waals surface area contributed by atoms with Crippen molar-refractivity contribution in [2.75, 3.05) is 12.3 Å². The van der Waals surface area contributed by atoms with Gasteiger partial charge in [-0.2, -0.15) is 0 Å². The normalized spacial score (nSPS) is 23.1. The van der Waals surface area contributed by atoms with E-state index < -0.39 is 29.3 Å². The van der Waals surface area contributed by atoms with E-state index >= 15 is 0 Å². The molecule has 1 fully saturated rings. The third-order valence-corrected chi connectivity index (χ3v) is 5.86. The van der Waals surface area contributed by atoms with Crippen molar-refractivity contribution in [3.8, 4) is 0 Å². The highest BCUT2D eigenvalue weighted by Gasteiger charge is 2.43. The van der Waals surface area contributed by atoms with Crippen LogP contribution < -0.4 is 21.2 Å². The van der Waals surface area contributed by atoms with Crippen LogP contribution in [0.4, 0.5) is 10.6 Å². The Balaban J connectivity index is 2.33. The number of carbonyl (C=O) groups excluding carboxylic acids is 2. The number of ether oxygens (including phenoxy) is 3. The second-order valence-electron chi connectivity index (χ2n) is 6.39. The molecule has 10 nitrogen and oxygen atoms in total. The first-order valence-corrected chi connectivity index (χ1v) is 11.0. The zero-order chi connectivity index (χ0) is 20.8. The Morgan fingerprint density at radius 3 is 2.79 bits per heavy atom. The highest BCUT2D eigenvalue weighted by Crippen LogP contribution is 2.40. The maximum absolute atomic E-state index is 12.6.